The molecule has 4 heterocycles. The summed E-state index contributed by atoms with van der Waals surface area (Å²) in [6, 6.07) is 15.4. The van der Waals surface area contributed by atoms with E-state index in [1.807, 2.05) is 32.0 Å². The Morgan fingerprint density at radius 1 is 1.04 bits per heavy atom. The maximum absolute atomic E-state index is 15.7. The fraction of sp³-hybridized carbons (Fsp3) is 0.371. The molecule has 0 radical (unpaired) electrons. The largest absolute Gasteiger partial charge is 0.457 e. The molecular weight excluding hydrogens is 629 g/mol. The lowest BCUT2D eigenvalue weighted by atomic mass is 9.96. The molecule has 4 aromatic rings. The van der Waals surface area contributed by atoms with Crippen molar-refractivity contribution < 1.29 is 23.5 Å². The number of piperidine rings is 1. The third kappa shape index (κ3) is 6.88. The number of hydrogen-bond acceptors (Lipinski definition) is 10. The van der Waals surface area contributed by atoms with Crippen LogP contribution >= 0.6 is 0 Å². The van der Waals surface area contributed by atoms with Gasteiger partial charge in [-0.2, -0.15) is 10.4 Å². The zero-order valence-corrected chi connectivity index (χ0v) is 27.7. The van der Waals surface area contributed by atoms with Gasteiger partial charge in [-0.15, -0.1) is 0 Å². The van der Waals surface area contributed by atoms with E-state index in [9.17, 15) is 14.9 Å². The van der Waals surface area contributed by atoms with Gasteiger partial charge in [-0.05, 0) is 57.0 Å². The van der Waals surface area contributed by atoms with E-state index in [4.69, 9.17) is 20.3 Å². The number of nitriles is 1. The van der Waals surface area contributed by atoms with E-state index in [2.05, 4.69) is 20.9 Å². The molecule has 2 aromatic heterocycles. The highest BCUT2D eigenvalue weighted by Crippen LogP contribution is 2.36. The number of carbonyl (C=O) groups excluding carboxylic acids is 2. The zero-order valence-electron chi connectivity index (χ0n) is 27.7. The maximum atomic E-state index is 15.7. The molecule has 13 nitrogen and oxygen atoms in total. The number of fused-ring (bicyclic) bond motifs is 1. The highest BCUT2D eigenvalue weighted by molar-refractivity contribution is 5.99. The van der Waals surface area contributed by atoms with Crippen LogP contribution in [0.5, 0.6) is 11.5 Å². The number of likely N-dealkylation sites (tertiary alicyclic amines) is 1. The van der Waals surface area contributed by atoms with Crippen LogP contribution in [0, 0.1) is 17.1 Å². The number of nitrogens with zero attached hydrogens (tertiary/aromatic N) is 8. The average Bonchev–Trinajstić information content (AvgIpc) is 3.51. The fourth-order valence-electron chi connectivity index (χ4n) is 6.50. The molecule has 49 heavy (non-hydrogen) atoms. The Bertz CT molecular complexity index is 1930. The molecule has 0 aliphatic carbocycles. The quantitative estimate of drug-likeness (QED) is 0.215. The Hall–Kier alpha value is -5.55. The number of hydrogen-bond donors (Lipinski definition) is 1. The van der Waals surface area contributed by atoms with Crippen LogP contribution in [0.25, 0.3) is 22.3 Å². The number of rotatable bonds is 7. The summed E-state index contributed by atoms with van der Waals surface area (Å²) < 4.78 is 28.0. The van der Waals surface area contributed by atoms with Crippen molar-refractivity contribution in [1.29, 1.82) is 5.26 Å². The molecule has 254 valence electrons. The Labute approximate surface area is 283 Å². The first-order valence-corrected chi connectivity index (χ1v) is 16.1. The molecule has 2 amide bonds. The first-order valence-electron chi connectivity index (χ1n) is 16.1. The molecule has 2 aromatic carbocycles. The molecule has 2 saturated heterocycles. The number of nitrogen functional groups attached to an aromatic ring is 1. The normalized spacial score (nSPS) is 17.5. The minimum atomic E-state index is -0.620. The van der Waals surface area contributed by atoms with E-state index >= 15 is 4.39 Å². The van der Waals surface area contributed by atoms with Gasteiger partial charge in [-0.1, -0.05) is 18.2 Å². The summed E-state index contributed by atoms with van der Waals surface area (Å²) in [5.41, 5.74) is 6.65. The number of benzene rings is 2. The second kappa shape index (κ2) is 13.9. The van der Waals surface area contributed by atoms with Crippen LogP contribution < -0.4 is 10.5 Å². The van der Waals surface area contributed by atoms with E-state index in [0.29, 0.717) is 68.1 Å². The number of piperazine rings is 1. The van der Waals surface area contributed by atoms with E-state index in [1.165, 1.54) is 19.5 Å². The van der Waals surface area contributed by atoms with Crippen molar-refractivity contribution in [3.05, 3.63) is 72.3 Å². The summed E-state index contributed by atoms with van der Waals surface area (Å²) in [4.78, 5) is 39.8. The average molecular weight is 668 g/mol. The van der Waals surface area contributed by atoms with Crippen LogP contribution in [0.15, 0.2) is 66.5 Å². The summed E-state index contributed by atoms with van der Waals surface area (Å²) in [6.07, 6.45) is 4.00. The first-order chi connectivity index (χ1) is 23.6. The molecule has 14 heteroatoms. The fourth-order valence-corrected chi connectivity index (χ4v) is 6.50. The predicted molar refractivity (Wildman–Crippen MR) is 180 cm³/mol. The second-order valence-corrected chi connectivity index (χ2v) is 12.6. The van der Waals surface area contributed by atoms with E-state index in [1.54, 1.807) is 44.8 Å². The van der Waals surface area contributed by atoms with Gasteiger partial charge in [0, 0.05) is 56.4 Å². The molecular formula is C35H38FN9O4. The molecule has 2 fully saturated rings. The van der Waals surface area contributed by atoms with Gasteiger partial charge in [-0.3, -0.25) is 9.69 Å². The Morgan fingerprint density at radius 2 is 1.80 bits per heavy atom. The molecule has 1 atom stereocenters. The van der Waals surface area contributed by atoms with Crippen LogP contribution in [0.2, 0.25) is 0 Å². The van der Waals surface area contributed by atoms with E-state index in [-0.39, 0.29) is 47.2 Å². The lowest BCUT2D eigenvalue weighted by Gasteiger charge is -2.42. The molecule has 0 saturated carbocycles. The van der Waals surface area contributed by atoms with Crippen molar-refractivity contribution in [3.63, 3.8) is 0 Å². The summed E-state index contributed by atoms with van der Waals surface area (Å²) in [5.74, 6) is 0.134. The number of ether oxygens (including phenoxy) is 2. The number of para-hydroxylation sites is 1. The number of halogens is 1. The van der Waals surface area contributed by atoms with Gasteiger partial charge in [0.25, 0.3) is 5.91 Å². The predicted octanol–water partition coefficient (Wildman–Crippen LogP) is 4.78. The maximum Gasteiger partial charge on any atom is 0.409 e. The van der Waals surface area contributed by atoms with Crippen LogP contribution in [-0.2, 0) is 9.53 Å². The zero-order chi connectivity index (χ0) is 34.7. The number of anilines is 1. The summed E-state index contributed by atoms with van der Waals surface area (Å²) >= 11 is 0. The third-order valence-corrected chi connectivity index (χ3v) is 9.10. The number of amides is 2. The van der Waals surface area contributed by atoms with E-state index < -0.39 is 11.4 Å². The number of methoxy groups -OCH3 is 1. The Balaban J connectivity index is 1.23. The summed E-state index contributed by atoms with van der Waals surface area (Å²) in [5, 5.41) is 15.3. The molecule has 0 bridgehead atoms. The van der Waals surface area contributed by atoms with Gasteiger partial charge < -0.3 is 25.0 Å². The summed E-state index contributed by atoms with van der Waals surface area (Å²) in [6.45, 7) is 6.74. The van der Waals surface area contributed by atoms with Gasteiger partial charge in [0.05, 0.1) is 18.5 Å². The van der Waals surface area contributed by atoms with Gasteiger partial charge >= 0.3 is 6.09 Å². The molecule has 6 rings (SSSR count). The van der Waals surface area contributed by atoms with Gasteiger partial charge in [-0.25, -0.2) is 23.8 Å². The molecule has 0 unspecified atom stereocenters. The van der Waals surface area contributed by atoms with Crippen molar-refractivity contribution in [2.75, 3.05) is 52.1 Å². The monoisotopic (exact) mass is 667 g/mol. The minimum absolute atomic E-state index is 0.0403. The molecule has 2 aliphatic heterocycles. The third-order valence-electron chi connectivity index (χ3n) is 9.10. The molecule has 2 aliphatic rings. The lowest BCUT2D eigenvalue weighted by molar-refractivity contribution is -0.128. The topological polar surface area (TPSA) is 156 Å². The van der Waals surface area contributed by atoms with Crippen molar-refractivity contribution in [2.24, 2.45) is 0 Å². The number of carbonyl (C=O) groups is 2. The Morgan fingerprint density at radius 3 is 2.49 bits per heavy atom. The molecule has 0 spiro atoms. The van der Waals surface area contributed by atoms with Crippen LogP contribution in [0.1, 0.15) is 32.7 Å². The molecule has 2 N–H and O–H groups in total. The standard InChI is InChI=1S/C35H38FN9O4/c1-35(2,44-16-14-42(15-17-44)34(47)48-3)19-23(20-37)33(46)43-13-7-8-24(21-43)45-32-29(31(38)39-22-40-32)30(41-45)27-12-11-26(18-28(27)36)49-25-9-5-4-6-10-25/h4-6,9-12,18-19,22,24H,7-8,13-17,21H2,1-3H3,(H2,38,39,40)/t24-/m0/s1. The highest BCUT2D eigenvalue weighted by Gasteiger charge is 2.34. The van der Waals surface area contributed by atoms with Crippen LogP contribution in [0.4, 0.5) is 15.0 Å². The minimum Gasteiger partial charge on any atom is -0.457 e. The smallest absolute Gasteiger partial charge is 0.409 e. The Kier molecular flexibility index (Phi) is 9.46. The summed E-state index contributed by atoms with van der Waals surface area (Å²) in [7, 11) is 1.36. The van der Waals surface area contributed by atoms with Crippen molar-refractivity contribution in [2.45, 2.75) is 38.3 Å². The lowest BCUT2D eigenvalue weighted by Crippen LogP contribution is -2.55. The first kappa shape index (κ1) is 33.4. The van der Waals surface area contributed by atoms with Crippen molar-refractivity contribution in [3.8, 4) is 28.8 Å². The van der Waals surface area contributed by atoms with Gasteiger partial charge in [0.1, 0.15) is 46.8 Å². The van der Waals surface area contributed by atoms with Crippen LogP contribution in [0.3, 0.4) is 0 Å². The van der Waals surface area contributed by atoms with Crippen molar-refractivity contribution >= 4 is 28.9 Å². The highest BCUT2D eigenvalue weighted by atomic mass is 19.1. The van der Waals surface area contributed by atoms with Gasteiger partial charge in [0.15, 0.2) is 5.65 Å². The SMILES string of the molecule is COC(=O)N1CCN(C(C)(C)C=C(C#N)C(=O)N2CCC[C@H](n3nc(-c4ccc(Oc5ccccc5)cc4F)c4c(N)ncnc43)C2)CC1. The van der Waals surface area contributed by atoms with E-state index in [0.717, 1.165) is 0 Å². The van der Waals surface area contributed by atoms with Crippen molar-refractivity contribution in [1.82, 2.24) is 34.4 Å². The van der Waals surface area contributed by atoms with Gasteiger partial charge in [0.2, 0.25) is 0 Å². The number of aromatic nitrogens is 4. The second-order valence-electron chi connectivity index (χ2n) is 12.6. The number of nitrogens with two attached hydrogens (primary N) is 1. The van der Waals surface area contributed by atoms with Crippen LogP contribution in [-0.4, -0.2) is 98.4 Å².